The first-order valence-corrected chi connectivity index (χ1v) is 6.19. The quantitative estimate of drug-likeness (QED) is 0.802. The van der Waals surface area contributed by atoms with Gasteiger partial charge in [0, 0.05) is 18.2 Å². The highest BCUT2D eigenvalue weighted by Crippen LogP contribution is 2.29. The Balaban J connectivity index is 2.31. The minimum Gasteiger partial charge on any atom is -0.359 e. The normalized spacial score (nSPS) is 13.4. The van der Waals surface area contributed by atoms with Gasteiger partial charge in [0.1, 0.15) is 0 Å². The molecule has 1 aliphatic carbocycles. The number of rotatable bonds is 1. The first kappa shape index (κ1) is 11.0. The molecule has 1 heterocycles. The molecular formula is C14H15N3O. The first-order chi connectivity index (χ1) is 8.79. The van der Waals surface area contributed by atoms with Crippen LogP contribution in [0, 0.1) is 0 Å². The molecule has 0 fully saturated rings. The number of anilines is 1. The first-order valence-electron chi connectivity index (χ1n) is 6.19. The minimum atomic E-state index is -0.0268. The largest absolute Gasteiger partial charge is 0.359 e. The molecule has 2 N–H and O–H groups in total. The third-order valence-corrected chi connectivity index (χ3v) is 3.40. The molecule has 0 saturated heterocycles. The lowest BCUT2D eigenvalue weighted by Crippen LogP contribution is -2.17. The SMILES string of the molecule is CNc1nc2c(c(=O)[nH]1)CCCc1ccccc1-2. The fraction of sp³-hybridized carbons (Fsp3) is 0.286. The van der Waals surface area contributed by atoms with Crippen LogP contribution in [0.5, 0.6) is 0 Å². The van der Waals surface area contributed by atoms with Crippen LogP contribution in [0.15, 0.2) is 29.1 Å². The molecule has 18 heavy (non-hydrogen) atoms. The molecule has 0 atom stereocenters. The highest BCUT2D eigenvalue weighted by molar-refractivity contribution is 5.68. The molecule has 0 unspecified atom stereocenters. The summed E-state index contributed by atoms with van der Waals surface area (Å²) in [5, 5.41) is 2.90. The van der Waals surface area contributed by atoms with Crippen molar-refractivity contribution in [3.8, 4) is 11.3 Å². The number of hydrogen-bond donors (Lipinski definition) is 2. The van der Waals surface area contributed by atoms with Gasteiger partial charge in [-0.2, -0.15) is 0 Å². The second-order valence-electron chi connectivity index (χ2n) is 4.50. The maximum Gasteiger partial charge on any atom is 0.256 e. The predicted molar refractivity (Wildman–Crippen MR) is 71.9 cm³/mol. The molecule has 3 rings (SSSR count). The number of aromatic amines is 1. The zero-order valence-electron chi connectivity index (χ0n) is 10.3. The van der Waals surface area contributed by atoms with Crippen LogP contribution in [-0.2, 0) is 12.8 Å². The number of nitrogens with one attached hydrogen (secondary N) is 2. The van der Waals surface area contributed by atoms with Crippen molar-refractivity contribution in [1.29, 1.82) is 0 Å². The van der Waals surface area contributed by atoms with Crippen molar-refractivity contribution in [2.75, 3.05) is 12.4 Å². The van der Waals surface area contributed by atoms with Crippen LogP contribution in [0.1, 0.15) is 17.5 Å². The van der Waals surface area contributed by atoms with Gasteiger partial charge in [-0.3, -0.25) is 9.78 Å². The number of nitrogens with zero attached hydrogens (tertiary/aromatic N) is 1. The lowest BCUT2D eigenvalue weighted by molar-refractivity contribution is 0.822. The summed E-state index contributed by atoms with van der Waals surface area (Å²) >= 11 is 0. The Hall–Kier alpha value is -2.10. The van der Waals surface area contributed by atoms with Crippen LogP contribution in [0.25, 0.3) is 11.3 Å². The Morgan fingerprint density at radius 2 is 2.11 bits per heavy atom. The van der Waals surface area contributed by atoms with Gasteiger partial charge in [-0.25, -0.2) is 4.98 Å². The third kappa shape index (κ3) is 1.70. The van der Waals surface area contributed by atoms with Gasteiger partial charge < -0.3 is 5.32 Å². The summed E-state index contributed by atoms with van der Waals surface area (Å²) in [4.78, 5) is 19.4. The van der Waals surface area contributed by atoms with E-state index < -0.39 is 0 Å². The highest BCUT2D eigenvalue weighted by Gasteiger charge is 2.18. The molecule has 2 aromatic rings. The average Bonchev–Trinajstić information content (AvgIpc) is 2.58. The van der Waals surface area contributed by atoms with E-state index in [2.05, 4.69) is 21.4 Å². The molecule has 1 aromatic heterocycles. The highest BCUT2D eigenvalue weighted by atomic mass is 16.1. The van der Waals surface area contributed by atoms with Gasteiger partial charge in [-0.05, 0) is 24.8 Å². The number of aryl methyl sites for hydroxylation is 1. The Morgan fingerprint density at radius 1 is 1.28 bits per heavy atom. The van der Waals surface area contributed by atoms with E-state index in [1.165, 1.54) is 5.56 Å². The maximum atomic E-state index is 12.1. The molecule has 1 aliphatic rings. The fourth-order valence-electron chi connectivity index (χ4n) is 2.50. The number of hydrogen-bond acceptors (Lipinski definition) is 3. The second kappa shape index (κ2) is 4.29. The fourth-order valence-corrected chi connectivity index (χ4v) is 2.50. The van der Waals surface area contributed by atoms with E-state index in [1.54, 1.807) is 7.05 Å². The molecule has 0 amide bonds. The van der Waals surface area contributed by atoms with Crippen molar-refractivity contribution >= 4 is 5.95 Å². The topological polar surface area (TPSA) is 57.8 Å². The van der Waals surface area contributed by atoms with Crippen LogP contribution in [-0.4, -0.2) is 17.0 Å². The van der Waals surface area contributed by atoms with Crippen molar-refractivity contribution < 1.29 is 0 Å². The van der Waals surface area contributed by atoms with Crippen molar-refractivity contribution in [1.82, 2.24) is 9.97 Å². The lowest BCUT2D eigenvalue weighted by Gasteiger charge is -2.09. The molecule has 0 bridgehead atoms. The molecule has 0 aliphatic heterocycles. The lowest BCUT2D eigenvalue weighted by atomic mass is 10.0. The molecule has 1 aromatic carbocycles. The molecule has 0 radical (unpaired) electrons. The van der Waals surface area contributed by atoms with Crippen LogP contribution >= 0.6 is 0 Å². The Kier molecular flexibility index (Phi) is 2.63. The predicted octanol–water partition coefficient (Wildman–Crippen LogP) is 1.97. The van der Waals surface area contributed by atoms with Crippen molar-refractivity contribution in [3.63, 3.8) is 0 Å². The Morgan fingerprint density at radius 3 is 2.94 bits per heavy atom. The monoisotopic (exact) mass is 241 g/mol. The van der Waals surface area contributed by atoms with Gasteiger partial charge in [-0.1, -0.05) is 24.3 Å². The van der Waals surface area contributed by atoms with E-state index in [1.807, 2.05) is 18.2 Å². The summed E-state index contributed by atoms with van der Waals surface area (Å²) in [5.41, 5.74) is 3.97. The van der Waals surface area contributed by atoms with E-state index in [-0.39, 0.29) is 5.56 Å². The van der Waals surface area contributed by atoms with Crippen molar-refractivity contribution in [2.45, 2.75) is 19.3 Å². The summed E-state index contributed by atoms with van der Waals surface area (Å²) in [5.74, 6) is 0.524. The summed E-state index contributed by atoms with van der Waals surface area (Å²) in [7, 11) is 1.76. The Labute approximate surface area is 105 Å². The third-order valence-electron chi connectivity index (χ3n) is 3.40. The van der Waals surface area contributed by atoms with E-state index >= 15 is 0 Å². The molecule has 0 saturated carbocycles. The van der Waals surface area contributed by atoms with Gasteiger partial charge in [0.25, 0.3) is 5.56 Å². The smallest absolute Gasteiger partial charge is 0.256 e. The molecule has 4 heteroatoms. The van der Waals surface area contributed by atoms with E-state index in [0.717, 1.165) is 36.1 Å². The van der Waals surface area contributed by atoms with Crippen LogP contribution in [0.2, 0.25) is 0 Å². The van der Waals surface area contributed by atoms with Crippen LogP contribution in [0.4, 0.5) is 5.95 Å². The Bertz CT molecular complexity index is 646. The standard InChI is InChI=1S/C14H15N3O/c1-15-14-16-12-10-7-3-2-5-9(10)6-4-8-11(12)13(18)17-14/h2-3,5,7H,4,6,8H2,1H3,(H2,15,16,17,18). The zero-order valence-corrected chi connectivity index (χ0v) is 10.3. The van der Waals surface area contributed by atoms with Gasteiger partial charge in [0.2, 0.25) is 5.95 Å². The van der Waals surface area contributed by atoms with Crippen LogP contribution < -0.4 is 10.9 Å². The summed E-state index contributed by atoms with van der Waals surface area (Å²) in [6.45, 7) is 0. The van der Waals surface area contributed by atoms with Crippen molar-refractivity contribution in [3.05, 3.63) is 45.7 Å². The summed E-state index contributed by atoms with van der Waals surface area (Å²) < 4.78 is 0. The number of benzene rings is 1. The van der Waals surface area contributed by atoms with E-state index in [0.29, 0.717) is 5.95 Å². The van der Waals surface area contributed by atoms with E-state index in [4.69, 9.17) is 0 Å². The molecule has 4 nitrogen and oxygen atoms in total. The van der Waals surface area contributed by atoms with Gasteiger partial charge in [0.15, 0.2) is 0 Å². The average molecular weight is 241 g/mol. The van der Waals surface area contributed by atoms with Crippen molar-refractivity contribution in [2.24, 2.45) is 0 Å². The van der Waals surface area contributed by atoms with Crippen LogP contribution in [0.3, 0.4) is 0 Å². The van der Waals surface area contributed by atoms with E-state index in [9.17, 15) is 4.79 Å². The second-order valence-corrected chi connectivity index (χ2v) is 4.50. The van der Waals surface area contributed by atoms with Gasteiger partial charge in [-0.15, -0.1) is 0 Å². The maximum absolute atomic E-state index is 12.1. The minimum absolute atomic E-state index is 0.0268. The summed E-state index contributed by atoms with van der Waals surface area (Å²) in [6, 6.07) is 8.20. The molecule has 92 valence electrons. The zero-order chi connectivity index (χ0) is 12.5. The molecular weight excluding hydrogens is 226 g/mol. The van der Waals surface area contributed by atoms with Gasteiger partial charge in [0.05, 0.1) is 5.69 Å². The summed E-state index contributed by atoms with van der Waals surface area (Å²) in [6.07, 6.45) is 2.78. The number of H-pyrrole nitrogens is 1. The molecule has 0 spiro atoms. The number of fused-ring (bicyclic) bond motifs is 3. The number of aromatic nitrogens is 2. The van der Waals surface area contributed by atoms with Gasteiger partial charge >= 0.3 is 0 Å².